The van der Waals surface area contributed by atoms with Crippen molar-refractivity contribution in [2.24, 2.45) is 11.7 Å². The minimum absolute atomic E-state index is 0.104. The number of amides is 1. The Kier molecular flexibility index (Phi) is 3.53. The maximum atomic E-state index is 12.2. The Morgan fingerprint density at radius 1 is 1.26 bits per heavy atom. The van der Waals surface area contributed by atoms with Crippen LogP contribution in [0.1, 0.15) is 30.9 Å². The minimum atomic E-state index is -0.596. The number of nitrogens with one attached hydrogen (secondary N) is 1. The second-order valence-electron chi connectivity index (χ2n) is 5.46. The van der Waals surface area contributed by atoms with Crippen molar-refractivity contribution in [1.29, 1.82) is 0 Å². The number of carbonyl (C=O) groups is 1. The SMILES string of the molecule is NC(C(=O)NC1CCOC1C1CC1)c1ccccc1. The molecule has 0 aromatic heterocycles. The Balaban J connectivity index is 1.61. The molecule has 1 aromatic rings. The molecule has 1 saturated carbocycles. The highest BCUT2D eigenvalue weighted by molar-refractivity contribution is 5.83. The van der Waals surface area contributed by atoms with Gasteiger partial charge in [-0.15, -0.1) is 0 Å². The van der Waals surface area contributed by atoms with E-state index in [1.807, 2.05) is 30.3 Å². The fourth-order valence-corrected chi connectivity index (χ4v) is 2.74. The van der Waals surface area contributed by atoms with E-state index in [4.69, 9.17) is 10.5 Å². The van der Waals surface area contributed by atoms with Crippen LogP contribution in [0.4, 0.5) is 0 Å². The maximum Gasteiger partial charge on any atom is 0.241 e. The molecule has 1 saturated heterocycles. The van der Waals surface area contributed by atoms with Crippen molar-refractivity contribution in [2.45, 2.75) is 37.5 Å². The van der Waals surface area contributed by atoms with E-state index >= 15 is 0 Å². The van der Waals surface area contributed by atoms with Crippen LogP contribution in [0.25, 0.3) is 0 Å². The van der Waals surface area contributed by atoms with Crippen molar-refractivity contribution in [3.05, 3.63) is 35.9 Å². The monoisotopic (exact) mass is 260 g/mol. The summed E-state index contributed by atoms with van der Waals surface area (Å²) in [6.45, 7) is 0.743. The van der Waals surface area contributed by atoms with Crippen LogP contribution in [-0.2, 0) is 9.53 Å². The summed E-state index contributed by atoms with van der Waals surface area (Å²) in [5.41, 5.74) is 6.85. The van der Waals surface area contributed by atoms with Gasteiger partial charge in [0.25, 0.3) is 0 Å². The van der Waals surface area contributed by atoms with Gasteiger partial charge in [0.15, 0.2) is 0 Å². The average Bonchev–Trinajstić information content (AvgIpc) is 3.19. The van der Waals surface area contributed by atoms with Crippen LogP contribution >= 0.6 is 0 Å². The van der Waals surface area contributed by atoms with Crippen molar-refractivity contribution in [3.8, 4) is 0 Å². The van der Waals surface area contributed by atoms with Gasteiger partial charge in [-0.05, 0) is 30.7 Å². The number of ether oxygens (including phenoxy) is 1. The standard InChI is InChI=1S/C15H20N2O2/c16-13(10-4-2-1-3-5-10)15(18)17-12-8-9-19-14(12)11-6-7-11/h1-5,11-14H,6-9,16H2,(H,17,18). The molecule has 1 heterocycles. The lowest BCUT2D eigenvalue weighted by Gasteiger charge is -2.21. The molecule has 102 valence electrons. The predicted molar refractivity (Wildman–Crippen MR) is 72.4 cm³/mol. The zero-order valence-corrected chi connectivity index (χ0v) is 10.9. The average molecular weight is 260 g/mol. The van der Waals surface area contributed by atoms with Gasteiger partial charge in [0, 0.05) is 6.61 Å². The van der Waals surface area contributed by atoms with Crippen LogP contribution in [-0.4, -0.2) is 24.7 Å². The van der Waals surface area contributed by atoms with E-state index in [2.05, 4.69) is 5.32 Å². The molecule has 3 unspecified atom stereocenters. The fraction of sp³-hybridized carbons (Fsp3) is 0.533. The first-order chi connectivity index (χ1) is 9.25. The van der Waals surface area contributed by atoms with Gasteiger partial charge in [-0.2, -0.15) is 0 Å². The molecule has 0 bridgehead atoms. The minimum Gasteiger partial charge on any atom is -0.376 e. The zero-order chi connectivity index (χ0) is 13.2. The maximum absolute atomic E-state index is 12.2. The largest absolute Gasteiger partial charge is 0.376 e. The van der Waals surface area contributed by atoms with Crippen molar-refractivity contribution < 1.29 is 9.53 Å². The van der Waals surface area contributed by atoms with Crippen molar-refractivity contribution >= 4 is 5.91 Å². The smallest absolute Gasteiger partial charge is 0.241 e. The molecule has 2 fully saturated rings. The lowest BCUT2D eigenvalue weighted by Crippen LogP contribution is -2.45. The molecule has 1 aromatic carbocycles. The van der Waals surface area contributed by atoms with Crippen LogP contribution in [0.15, 0.2) is 30.3 Å². The first-order valence-corrected chi connectivity index (χ1v) is 6.98. The van der Waals surface area contributed by atoms with E-state index in [0.717, 1.165) is 18.6 Å². The Bertz CT molecular complexity index is 445. The summed E-state index contributed by atoms with van der Waals surface area (Å²) in [5, 5.41) is 3.06. The van der Waals surface area contributed by atoms with Crippen LogP contribution in [0.2, 0.25) is 0 Å². The number of carbonyl (C=O) groups excluding carboxylic acids is 1. The van der Waals surface area contributed by atoms with Crippen LogP contribution in [0.3, 0.4) is 0 Å². The van der Waals surface area contributed by atoms with Gasteiger partial charge >= 0.3 is 0 Å². The molecule has 0 radical (unpaired) electrons. The molecule has 1 amide bonds. The lowest BCUT2D eigenvalue weighted by molar-refractivity contribution is -0.123. The molecule has 4 heteroatoms. The molecule has 3 rings (SSSR count). The summed E-state index contributed by atoms with van der Waals surface area (Å²) in [4.78, 5) is 12.2. The summed E-state index contributed by atoms with van der Waals surface area (Å²) in [6, 6.07) is 9.02. The van der Waals surface area contributed by atoms with Gasteiger partial charge in [0.1, 0.15) is 6.04 Å². The molecule has 3 atom stereocenters. The van der Waals surface area contributed by atoms with E-state index in [1.165, 1.54) is 12.8 Å². The Morgan fingerprint density at radius 2 is 2.00 bits per heavy atom. The van der Waals surface area contributed by atoms with Gasteiger partial charge in [-0.1, -0.05) is 30.3 Å². The number of rotatable bonds is 4. The highest BCUT2D eigenvalue weighted by Crippen LogP contribution is 2.38. The quantitative estimate of drug-likeness (QED) is 0.859. The number of hydrogen-bond donors (Lipinski definition) is 2. The van der Waals surface area contributed by atoms with E-state index in [9.17, 15) is 4.79 Å². The second-order valence-corrected chi connectivity index (χ2v) is 5.46. The summed E-state index contributed by atoms with van der Waals surface area (Å²) < 4.78 is 5.72. The highest BCUT2D eigenvalue weighted by Gasteiger charge is 2.41. The lowest BCUT2D eigenvalue weighted by atomic mass is 10.0. The van der Waals surface area contributed by atoms with Gasteiger partial charge in [-0.25, -0.2) is 0 Å². The molecular formula is C15H20N2O2. The van der Waals surface area contributed by atoms with Crippen LogP contribution < -0.4 is 11.1 Å². The van der Waals surface area contributed by atoms with Gasteiger partial charge in [0.2, 0.25) is 5.91 Å². The molecule has 3 N–H and O–H groups in total. The third-order valence-electron chi connectivity index (χ3n) is 3.99. The topological polar surface area (TPSA) is 64.4 Å². The molecule has 1 aliphatic carbocycles. The Hall–Kier alpha value is -1.39. The third kappa shape index (κ3) is 2.80. The van der Waals surface area contributed by atoms with E-state index in [0.29, 0.717) is 5.92 Å². The number of benzene rings is 1. The third-order valence-corrected chi connectivity index (χ3v) is 3.99. The number of nitrogens with two attached hydrogens (primary N) is 1. The molecule has 19 heavy (non-hydrogen) atoms. The molecule has 1 aliphatic heterocycles. The second kappa shape index (κ2) is 5.31. The Labute approximate surface area is 113 Å². The summed E-state index contributed by atoms with van der Waals surface area (Å²) in [7, 11) is 0. The van der Waals surface area contributed by atoms with Crippen LogP contribution in [0, 0.1) is 5.92 Å². The molecule has 2 aliphatic rings. The number of hydrogen-bond acceptors (Lipinski definition) is 3. The van der Waals surface area contributed by atoms with E-state index in [1.54, 1.807) is 0 Å². The predicted octanol–water partition coefficient (Wildman–Crippen LogP) is 1.37. The summed E-state index contributed by atoms with van der Waals surface area (Å²) in [5.74, 6) is 0.535. The first kappa shape index (κ1) is 12.6. The Morgan fingerprint density at radius 3 is 2.68 bits per heavy atom. The van der Waals surface area contributed by atoms with Crippen molar-refractivity contribution in [2.75, 3.05) is 6.61 Å². The van der Waals surface area contributed by atoms with Gasteiger partial charge < -0.3 is 15.8 Å². The summed E-state index contributed by atoms with van der Waals surface area (Å²) >= 11 is 0. The fourth-order valence-electron chi connectivity index (χ4n) is 2.74. The zero-order valence-electron chi connectivity index (χ0n) is 10.9. The van der Waals surface area contributed by atoms with E-state index < -0.39 is 6.04 Å². The van der Waals surface area contributed by atoms with Gasteiger partial charge in [0.05, 0.1) is 12.1 Å². The molecular weight excluding hydrogens is 240 g/mol. The summed E-state index contributed by atoms with van der Waals surface area (Å²) in [6.07, 6.45) is 3.55. The van der Waals surface area contributed by atoms with Crippen molar-refractivity contribution in [1.82, 2.24) is 5.32 Å². The van der Waals surface area contributed by atoms with Gasteiger partial charge in [-0.3, -0.25) is 4.79 Å². The van der Waals surface area contributed by atoms with E-state index in [-0.39, 0.29) is 18.1 Å². The molecule has 0 spiro atoms. The van der Waals surface area contributed by atoms with Crippen LogP contribution in [0.5, 0.6) is 0 Å². The normalized spacial score (nSPS) is 28.1. The molecule has 4 nitrogen and oxygen atoms in total. The van der Waals surface area contributed by atoms with Crippen molar-refractivity contribution in [3.63, 3.8) is 0 Å². The highest BCUT2D eigenvalue weighted by atomic mass is 16.5. The first-order valence-electron chi connectivity index (χ1n) is 6.98.